The fourth-order valence-corrected chi connectivity index (χ4v) is 2.97. The predicted molar refractivity (Wildman–Crippen MR) is 111 cm³/mol. The largest absolute Gasteiger partial charge is 0.457 e. The fraction of sp³-hybridized carbons (Fsp3) is 0.318. The normalized spacial score (nSPS) is 12.7. The summed E-state index contributed by atoms with van der Waals surface area (Å²) in [6.45, 7) is 1.24. The number of hydrogen-bond donors (Lipinski definition) is 5. The molecule has 2 aromatic carbocycles. The second-order valence-electron chi connectivity index (χ2n) is 7.19. The highest BCUT2D eigenvalue weighted by atomic mass is 16.5. The van der Waals surface area contributed by atoms with Gasteiger partial charge in [0.05, 0.1) is 36.7 Å². The van der Waals surface area contributed by atoms with Crippen molar-refractivity contribution < 1.29 is 20.1 Å². The molecule has 3 aromatic rings. The van der Waals surface area contributed by atoms with Gasteiger partial charge in [-0.2, -0.15) is 0 Å². The minimum atomic E-state index is -1.22. The van der Waals surface area contributed by atoms with E-state index in [2.05, 4.69) is 16.9 Å². The number of nitrogens with two attached hydrogens (primary N) is 1. The number of benzene rings is 2. The highest BCUT2D eigenvalue weighted by Crippen LogP contribution is 2.28. The van der Waals surface area contributed by atoms with Gasteiger partial charge in [0.25, 0.3) is 0 Å². The molecule has 1 unspecified atom stereocenters. The van der Waals surface area contributed by atoms with Crippen LogP contribution in [0.4, 0.5) is 0 Å². The van der Waals surface area contributed by atoms with E-state index in [0.29, 0.717) is 17.1 Å². The summed E-state index contributed by atoms with van der Waals surface area (Å²) < 4.78 is 5.86. The van der Waals surface area contributed by atoms with E-state index in [9.17, 15) is 15.3 Å². The summed E-state index contributed by atoms with van der Waals surface area (Å²) in [6.07, 6.45) is 1.84. The van der Waals surface area contributed by atoms with E-state index in [0.717, 1.165) is 23.5 Å². The summed E-state index contributed by atoms with van der Waals surface area (Å²) >= 11 is 0. The smallest absolute Gasteiger partial charge is 0.127 e. The Morgan fingerprint density at radius 1 is 1.03 bits per heavy atom. The topological polar surface area (TPSA) is 125 Å². The molecule has 0 radical (unpaired) electrons. The van der Waals surface area contributed by atoms with Crippen LogP contribution in [0.5, 0.6) is 11.5 Å². The number of aromatic amines is 1. The molecule has 29 heavy (non-hydrogen) atoms. The number of aryl methyl sites for hydroxylation is 1. The molecule has 3 rings (SSSR count). The Kier molecular flexibility index (Phi) is 6.66. The van der Waals surface area contributed by atoms with Crippen LogP contribution in [0.25, 0.3) is 11.3 Å². The van der Waals surface area contributed by atoms with Crippen LogP contribution >= 0.6 is 0 Å². The van der Waals surface area contributed by atoms with E-state index in [1.807, 2.05) is 30.5 Å². The molecule has 6 N–H and O–H groups in total. The number of aliphatic hydroxyl groups excluding tert-OH is 3. The first-order valence-electron chi connectivity index (χ1n) is 9.57. The van der Waals surface area contributed by atoms with Gasteiger partial charge in [-0.1, -0.05) is 19.1 Å². The van der Waals surface area contributed by atoms with Crippen molar-refractivity contribution in [2.75, 3.05) is 13.2 Å². The minimum absolute atomic E-state index is 0.0506. The maximum absolute atomic E-state index is 10.3. The molecule has 1 heterocycles. The number of imidazole rings is 1. The van der Waals surface area contributed by atoms with Gasteiger partial charge in [0.2, 0.25) is 0 Å². The summed E-state index contributed by atoms with van der Waals surface area (Å²) in [7, 11) is 0. The SMILES string of the molecule is CCc1ncc(-c2ccc(Oc3ccc(C(O)CC(N)(CO)CO)cc3)cc2)[nH]1. The third-order valence-electron chi connectivity index (χ3n) is 4.86. The monoisotopic (exact) mass is 397 g/mol. The lowest BCUT2D eigenvalue weighted by molar-refractivity contribution is 0.0618. The molecule has 154 valence electrons. The second-order valence-corrected chi connectivity index (χ2v) is 7.19. The summed E-state index contributed by atoms with van der Waals surface area (Å²) in [5.74, 6) is 2.28. The van der Waals surface area contributed by atoms with Crippen molar-refractivity contribution in [1.29, 1.82) is 0 Å². The van der Waals surface area contributed by atoms with Gasteiger partial charge in [-0.05, 0) is 53.9 Å². The van der Waals surface area contributed by atoms with Crippen LogP contribution in [0.2, 0.25) is 0 Å². The number of nitrogens with zero attached hydrogens (tertiary/aromatic N) is 1. The molecule has 0 fully saturated rings. The first kappa shape index (κ1) is 21.0. The summed E-state index contributed by atoms with van der Waals surface area (Å²) in [5.41, 5.74) is 7.25. The van der Waals surface area contributed by atoms with Crippen LogP contribution in [0.1, 0.15) is 30.8 Å². The quantitative estimate of drug-likeness (QED) is 0.378. The van der Waals surface area contributed by atoms with Crippen LogP contribution in [0, 0.1) is 0 Å². The molecule has 0 bridgehead atoms. The van der Waals surface area contributed by atoms with Gasteiger partial charge in [0.1, 0.15) is 17.3 Å². The minimum Gasteiger partial charge on any atom is -0.457 e. The van der Waals surface area contributed by atoms with E-state index >= 15 is 0 Å². The van der Waals surface area contributed by atoms with Crippen molar-refractivity contribution in [2.45, 2.75) is 31.4 Å². The van der Waals surface area contributed by atoms with Crippen molar-refractivity contribution in [2.24, 2.45) is 5.73 Å². The first-order chi connectivity index (χ1) is 14.0. The molecule has 0 aliphatic carbocycles. The molecule has 0 amide bonds. The lowest BCUT2D eigenvalue weighted by Crippen LogP contribution is -2.48. The van der Waals surface area contributed by atoms with E-state index in [4.69, 9.17) is 10.5 Å². The van der Waals surface area contributed by atoms with Gasteiger partial charge in [-0.3, -0.25) is 0 Å². The number of hydrogen-bond acceptors (Lipinski definition) is 6. The van der Waals surface area contributed by atoms with Gasteiger partial charge in [-0.15, -0.1) is 0 Å². The predicted octanol–water partition coefficient (Wildman–Crippen LogP) is 2.54. The molecule has 0 aliphatic rings. The number of aliphatic hydroxyl groups is 3. The Balaban J connectivity index is 1.63. The number of nitrogens with one attached hydrogen (secondary N) is 1. The highest BCUT2D eigenvalue weighted by Gasteiger charge is 2.27. The average Bonchev–Trinajstić information content (AvgIpc) is 3.24. The first-order valence-corrected chi connectivity index (χ1v) is 9.57. The van der Waals surface area contributed by atoms with Crippen LogP contribution < -0.4 is 10.5 Å². The van der Waals surface area contributed by atoms with Gasteiger partial charge < -0.3 is 30.8 Å². The van der Waals surface area contributed by atoms with Crippen molar-refractivity contribution >= 4 is 0 Å². The summed E-state index contributed by atoms with van der Waals surface area (Å²) in [4.78, 5) is 7.59. The van der Waals surface area contributed by atoms with E-state index in [1.165, 1.54) is 0 Å². The zero-order valence-electron chi connectivity index (χ0n) is 16.4. The molecule has 7 heteroatoms. The zero-order chi connectivity index (χ0) is 20.9. The van der Waals surface area contributed by atoms with Gasteiger partial charge >= 0.3 is 0 Å². The Hall–Kier alpha value is -2.71. The Morgan fingerprint density at radius 3 is 2.14 bits per heavy atom. The van der Waals surface area contributed by atoms with Gasteiger partial charge in [-0.25, -0.2) is 4.98 Å². The van der Waals surface area contributed by atoms with Gasteiger partial charge in [0, 0.05) is 6.42 Å². The van der Waals surface area contributed by atoms with Crippen molar-refractivity contribution in [3.8, 4) is 22.8 Å². The lowest BCUT2D eigenvalue weighted by Gasteiger charge is -2.27. The number of aromatic nitrogens is 2. The van der Waals surface area contributed by atoms with Crippen LogP contribution in [0.15, 0.2) is 54.7 Å². The summed E-state index contributed by atoms with van der Waals surface area (Å²) in [6, 6.07) is 14.7. The second kappa shape index (κ2) is 9.19. The average molecular weight is 397 g/mol. The zero-order valence-corrected chi connectivity index (χ0v) is 16.4. The molecule has 0 aliphatic heterocycles. The Labute approximate surface area is 169 Å². The molecule has 0 saturated heterocycles. The molecular weight excluding hydrogens is 370 g/mol. The molecule has 0 saturated carbocycles. The maximum atomic E-state index is 10.3. The number of rotatable bonds is 9. The third-order valence-corrected chi connectivity index (χ3v) is 4.86. The maximum Gasteiger partial charge on any atom is 0.127 e. The lowest BCUT2D eigenvalue weighted by atomic mass is 9.92. The standard InChI is InChI=1S/C22H27N3O4/c1-2-21-24-12-19(25-21)15-3-7-17(8-4-15)29-18-9-5-16(6-10-18)20(28)11-22(23,13-26)14-27/h3-10,12,20,26-28H,2,11,13-14,23H2,1H3,(H,24,25). The molecule has 7 nitrogen and oxygen atoms in total. The highest BCUT2D eigenvalue weighted by molar-refractivity contribution is 5.59. The molecule has 0 spiro atoms. The fourth-order valence-electron chi connectivity index (χ4n) is 2.97. The molecule has 1 aromatic heterocycles. The summed E-state index contributed by atoms with van der Waals surface area (Å²) in [5, 5.41) is 28.9. The van der Waals surface area contributed by atoms with Crippen LogP contribution in [0.3, 0.4) is 0 Å². The van der Waals surface area contributed by atoms with Crippen LogP contribution in [-0.4, -0.2) is 44.0 Å². The van der Waals surface area contributed by atoms with E-state index in [1.54, 1.807) is 24.3 Å². The van der Waals surface area contributed by atoms with E-state index in [-0.39, 0.29) is 6.42 Å². The molecular formula is C22H27N3O4. The van der Waals surface area contributed by atoms with Crippen LogP contribution in [-0.2, 0) is 6.42 Å². The number of H-pyrrole nitrogens is 1. The van der Waals surface area contributed by atoms with Crippen molar-refractivity contribution in [3.63, 3.8) is 0 Å². The molecule has 1 atom stereocenters. The Morgan fingerprint density at radius 2 is 1.62 bits per heavy atom. The number of ether oxygens (including phenoxy) is 1. The van der Waals surface area contributed by atoms with Crippen molar-refractivity contribution in [1.82, 2.24) is 9.97 Å². The Bertz CT molecular complexity index is 903. The third kappa shape index (κ3) is 5.21. The van der Waals surface area contributed by atoms with E-state index < -0.39 is 24.9 Å². The van der Waals surface area contributed by atoms with Gasteiger partial charge in [0.15, 0.2) is 0 Å². The van der Waals surface area contributed by atoms with Crippen molar-refractivity contribution in [3.05, 3.63) is 66.1 Å².